The topological polar surface area (TPSA) is 41.6 Å². The second-order valence-electron chi connectivity index (χ2n) is 5.24. The van der Waals surface area contributed by atoms with Gasteiger partial charge in [-0.05, 0) is 31.9 Å². The molecule has 1 amide bonds. The molecule has 1 heterocycles. The number of aryl methyl sites for hydroxylation is 1. The molecule has 110 valence electrons. The van der Waals surface area contributed by atoms with Gasteiger partial charge >= 0.3 is 0 Å². The molecular formula is C16H24N2O2. The Morgan fingerprint density at radius 1 is 1.45 bits per heavy atom. The lowest BCUT2D eigenvalue weighted by Gasteiger charge is -2.32. The third kappa shape index (κ3) is 3.97. The highest BCUT2D eigenvalue weighted by molar-refractivity contribution is 5.76. The van der Waals surface area contributed by atoms with Gasteiger partial charge in [-0.3, -0.25) is 4.79 Å². The monoisotopic (exact) mass is 276 g/mol. The largest absolute Gasteiger partial charge is 0.494 e. The molecule has 0 spiro atoms. The van der Waals surface area contributed by atoms with Gasteiger partial charge in [-0.15, -0.1) is 0 Å². The summed E-state index contributed by atoms with van der Waals surface area (Å²) >= 11 is 0. The van der Waals surface area contributed by atoms with Gasteiger partial charge in [-0.1, -0.05) is 18.2 Å². The Bertz CT molecular complexity index is 448. The Balaban J connectivity index is 1.89. The van der Waals surface area contributed by atoms with Gasteiger partial charge in [0.2, 0.25) is 5.91 Å². The van der Waals surface area contributed by atoms with Gasteiger partial charge in [0.05, 0.1) is 6.61 Å². The van der Waals surface area contributed by atoms with Gasteiger partial charge in [0.25, 0.3) is 0 Å². The molecule has 0 radical (unpaired) electrons. The van der Waals surface area contributed by atoms with Crippen molar-refractivity contribution in [1.82, 2.24) is 10.2 Å². The van der Waals surface area contributed by atoms with Crippen LogP contribution in [0.25, 0.3) is 0 Å². The summed E-state index contributed by atoms with van der Waals surface area (Å²) in [7, 11) is 0. The summed E-state index contributed by atoms with van der Waals surface area (Å²) in [5.74, 6) is 1.14. The Kier molecular flexibility index (Phi) is 5.41. The number of rotatable bonds is 5. The molecule has 1 atom stereocenters. The van der Waals surface area contributed by atoms with E-state index >= 15 is 0 Å². The first-order chi connectivity index (χ1) is 9.70. The van der Waals surface area contributed by atoms with Crippen LogP contribution in [0.15, 0.2) is 24.3 Å². The number of para-hydroxylation sites is 1. The van der Waals surface area contributed by atoms with Crippen molar-refractivity contribution in [2.45, 2.75) is 32.7 Å². The van der Waals surface area contributed by atoms with Crippen molar-refractivity contribution in [3.8, 4) is 5.75 Å². The van der Waals surface area contributed by atoms with Gasteiger partial charge in [0, 0.05) is 32.1 Å². The summed E-state index contributed by atoms with van der Waals surface area (Å²) in [4.78, 5) is 14.2. The molecule has 20 heavy (non-hydrogen) atoms. The molecule has 0 aromatic heterocycles. The fourth-order valence-corrected chi connectivity index (χ4v) is 2.57. The molecule has 1 N–H and O–H groups in total. The van der Waals surface area contributed by atoms with Crippen LogP contribution in [0.3, 0.4) is 0 Å². The summed E-state index contributed by atoms with van der Waals surface area (Å²) in [5.41, 5.74) is 1.12. The van der Waals surface area contributed by atoms with Gasteiger partial charge in [-0.2, -0.15) is 0 Å². The quantitative estimate of drug-likeness (QED) is 0.892. The molecule has 2 rings (SSSR count). The third-order valence-corrected chi connectivity index (χ3v) is 3.60. The number of hydrogen-bond donors (Lipinski definition) is 1. The van der Waals surface area contributed by atoms with Crippen molar-refractivity contribution in [3.63, 3.8) is 0 Å². The number of carbonyl (C=O) groups excluding carboxylic acids is 1. The van der Waals surface area contributed by atoms with E-state index in [9.17, 15) is 4.79 Å². The standard InChI is InChI=1S/C16H24N2O2/c1-3-20-15-7-5-4-6-14(15)8-9-16(19)18-11-10-17-13(2)12-18/h4-7,13,17H,3,8-12H2,1-2H3/t13-/m0/s1. The van der Waals surface area contributed by atoms with E-state index in [4.69, 9.17) is 4.74 Å². The molecule has 1 aromatic carbocycles. The van der Waals surface area contributed by atoms with E-state index in [-0.39, 0.29) is 5.91 Å². The number of carbonyl (C=O) groups is 1. The number of ether oxygens (including phenoxy) is 1. The van der Waals surface area contributed by atoms with Crippen LogP contribution in [0, 0.1) is 0 Å². The Morgan fingerprint density at radius 2 is 2.25 bits per heavy atom. The second-order valence-corrected chi connectivity index (χ2v) is 5.24. The Morgan fingerprint density at radius 3 is 3.00 bits per heavy atom. The van der Waals surface area contributed by atoms with E-state index in [0.29, 0.717) is 19.1 Å². The van der Waals surface area contributed by atoms with E-state index in [0.717, 1.165) is 37.4 Å². The zero-order valence-corrected chi connectivity index (χ0v) is 12.4. The van der Waals surface area contributed by atoms with Crippen LogP contribution in [0.4, 0.5) is 0 Å². The van der Waals surface area contributed by atoms with Crippen molar-refractivity contribution in [2.75, 3.05) is 26.2 Å². The summed E-state index contributed by atoms with van der Waals surface area (Å²) in [6, 6.07) is 8.36. The van der Waals surface area contributed by atoms with Crippen molar-refractivity contribution in [3.05, 3.63) is 29.8 Å². The first-order valence-electron chi connectivity index (χ1n) is 7.42. The maximum absolute atomic E-state index is 12.2. The van der Waals surface area contributed by atoms with E-state index < -0.39 is 0 Å². The summed E-state index contributed by atoms with van der Waals surface area (Å²) < 4.78 is 5.60. The first-order valence-corrected chi connectivity index (χ1v) is 7.42. The lowest BCUT2D eigenvalue weighted by atomic mass is 10.1. The number of piperazine rings is 1. The first kappa shape index (κ1) is 14.9. The van der Waals surface area contributed by atoms with Crippen LogP contribution in [0.1, 0.15) is 25.8 Å². The maximum Gasteiger partial charge on any atom is 0.223 e. The molecule has 1 aliphatic heterocycles. The molecule has 1 fully saturated rings. The van der Waals surface area contributed by atoms with Crippen molar-refractivity contribution < 1.29 is 9.53 Å². The fourth-order valence-electron chi connectivity index (χ4n) is 2.57. The van der Waals surface area contributed by atoms with Gasteiger partial charge < -0.3 is 15.0 Å². The maximum atomic E-state index is 12.2. The molecule has 1 aromatic rings. The van der Waals surface area contributed by atoms with Gasteiger partial charge in [0.15, 0.2) is 0 Å². The van der Waals surface area contributed by atoms with Crippen LogP contribution >= 0.6 is 0 Å². The second kappa shape index (κ2) is 7.29. The lowest BCUT2D eigenvalue weighted by Crippen LogP contribution is -2.51. The zero-order chi connectivity index (χ0) is 14.4. The van der Waals surface area contributed by atoms with E-state index in [1.54, 1.807) is 0 Å². The number of hydrogen-bond acceptors (Lipinski definition) is 3. The predicted octanol–water partition coefficient (Wildman–Crippen LogP) is 1.84. The van der Waals surface area contributed by atoms with E-state index in [1.807, 2.05) is 36.1 Å². The Labute approximate surface area is 121 Å². The molecule has 1 saturated heterocycles. The van der Waals surface area contributed by atoms with Crippen molar-refractivity contribution in [2.24, 2.45) is 0 Å². The molecule has 0 aliphatic carbocycles. The predicted molar refractivity (Wildman–Crippen MR) is 80.0 cm³/mol. The fraction of sp³-hybridized carbons (Fsp3) is 0.562. The van der Waals surface area contributed by atoms with Crippen molar-refractivity contribution >= 4 is 5.91 Å². The minimum absolute atomic E-state index is 0.240. The smallest absolute Gasteiger partial charge is 0.223 e. The molecule has 0 unspecified atom stereocenters. The highest BCUT2D eigenvalue weighted by atomic mass is 16.5. The van der Waals surface area contributed by atoms with Crippen LogP contribution < -0.4 is 10.1 Å². The molecule has 0 saturated carbocycles. The van der Waals surface area contributed by atoms with Crippen LogP contribution in [-0.2, 0) is 11.2 Å². The van der Waals surface area contributed by atoms with Crippen LogP contribution in [0.5, 0.6) is 5.75 Å². The molecule has 0 bridgehead atoms. The van der Waals surface area contributed by atoms with Crippen LogP contribution in [-0.4, -0.2) is 43.1 Å². The zero-order valence-electron chi connectivity index (χ0n) is 12.4. The average Bonchev–Trinajstić information content (AvgIpc) is 2.46. The summed E-state index contributed by atoms with van der Waals surface area (Å²) in [6.07, 6.45) is 1.30. The molecular weight excluding hydrogens is 252 g/mol. The molecule has 4 nitrogen and oxygen atoms in total. The van der Waals surface area contributed by atoms with Gasteiger partial charge in [0.1, 0.15) is 5.75 Å². The minimum atomic E-state index is 0.240. The summed E-state index contributed by atoms with van der Waals surface area (Å²) in [6.45, 7) is 7.26. The number of nitrogens with zero attached hydrogens (tertiary/aromatic N) is 1. The highest BCUT2D eigenvalue weighted by Gasteiger charge is 2.20. The number of benzene rings is 1. The van der Waals surface area contributed by atoms with E-state index in [1.165, 1.54) is 0 Å². The van der Waals surface area contributed by atoms with Crippen molar-refractivity contribution in [1.29, 1.82) is 0 Å². The SMILES string of the molecule is CCOc1ccccc1CCC(=O)N1CCN[C@@H](C)C1. The third-order valence-electron chi connectivity index (χ3n) is 3.60. The average molecular weight is 276 g/mol. The molecule has 4 heteroatoms. The van der Waals surface area contributed by atoms with Gasteiger partial charge in [-0.25, -0.2) is 0 Å². The van der Waals surface area contributed by atoms with Crippen LogP contribution in [0.2, 0.25) is 0 Å². The molecule has 1 aliphatic rings. The van der Waals surface area contributed by atoms with E-state index in [2.05, 4.69) is 12.2 Å². The number of amides is 1. The normalized spacial score (nSPS) is 18.9. The number of nitrogens with one attached hydrogen (secondary N) is 1. The lowest BCUT2D eigenvalue weighted by molar-refractivity contribution is -0.132. The highest BCUT2D eigenvalue weighted by Crippen LogP contribution is 2.20. The Hall–Kier alpha value is -1.55. The minimum Gasteiger partial charge on any atom is -0.494 e. The summed E-state index contributed by atoms with van der Waals surface area (Å²) in [5, 5.41) is 3.35.